The van der Waals surface area contributed by atoms with Crippen LogP contribution in [0.1, 0.15) is 41.3 Å². The minimum Gasteiger partial charge on any atom is -0.449 e. The smallest absolute Gasteiger partial charge is 0.307 e. The average Bonchev–Trinajstić information content (AvgIpc) is 3.36. The van der Waals surface area contributed by atoms with E-state index in [4.69, 9.17) is 4.74 Å². The first-order chi connectivity index (χ1) is 13.2. The van der Waals surface area contributed by atoms with Crippen LogP contribution >= 0.6 is 0 Å². The van der Waals surface area contributed by atoms with Gasteiger partial charge in [-0.3, -0.25) is 9.59 Å². The number of fused-ring (bicyclic) bond motifs is 1. The van der Waals surface area contributed by atoms with E-state index in [1.54, 1.807) is 6.20 Å². The minimum absolute atomic E-state index is 0.206. The van der Waals surface area contributed by atoms with Crippen molar-refractivity contribution < 1.29 is 14.3 Å². The van der Waals surface area contributed by atoms with Crippen LogP contribution in [-0.4, -0.2) is 16.7 Å². The lowest BCUT2D eigenvalue weighted by Crippen LogP contribution is -2.21. The molecule has 0 unspecified atom stereocenters. The van der Waals surface area contributed by atoms with Gasteiger partial charge in [-0.1, -0.05) is 60.7 Å². The number of hydrogen-bond donors (Lipinski definition) is 1. The molecule has 136 valence electrons. The van der Waals surface area contributed by atoms with Gasteiger partial charge in [0, 0.05) is 28.2 Å². The number of aromatic amines is 1. The molecule has 0 spiro atoms. The van der Waals surface area contributed by atoms with E-state index in [2.05, 4.69) is 17.1 Å². The highest BCUT2D eigenvalue weighted by molar-refractivity contribution is 6.10. The lowest BCUT2D eigenvalue weighted by Gasteiger charge is -2.18. The number of allylic oxidation sites excluding steroid dienone is 2. The van der Waals surface area contributed by atoms with E-state index in [0.29, 0.717) is 17.5 Å². The predicted molar refractivity (Wildman–Crippen MR) is 104 cm³/mol. The van der Waals surface area contributed by atoms with Gasteiger partial charge >= 0.3 is 5.97 Å². The Labute approximate surface area is 157 Å². The highest BCUT2D eigenvalue weighted by Gasteiger charge is 2.28. The summed E-state index contributed by atoms with van der Waals surface area (Å²) < 4.78 is 5.70. The molecule has 4 heteroatoms. The quantitative estimate of drug-likeness (QED) is 0.383. The van der Waals surface area contributed by atoms with Crippen LogP contribution in [0.3, 0.4) is 0 Å². The van der Waals surface area contributed by atoms with Crippen LogP contribution in [0.15, 0.2) is 72.9 Å². The molecule has 2 aromatic carbocycles. The summed E-state index contributed by atoms with van der Waals surface area (Å²) in [5.41, 5.74) is 2.10. The maximum absolute atomic E-state index is 13.3. The van der Waals surface area contributed by atoms with E-state index >= 15 is 0 Å². The number of Topliss-reactive ketones (excluding diaryl/α,β-unsaturated/α-hetero) is 1. The van der Waals surface area contributed by atoms with Gasteiger partial charge in [0.2, 0.25) is 5.78 Å². The molecule has 3 aromatic rings. The van der Waals surface area contributed by atoms with Gasteiger partial charge in [-0.05, 0) is 24.8 Å². The summed E-state index contributed by atoms with van der Waals surface area (Å²) in [5, 5.41) is 0.832. The summed E-state index contributed by atoms with van der Waals surface area (Å²) >= 11 is 0. The van der Waals surface area contributed by atoms with Gasteiger partial charge in [0.25, 0.3) is 0 Å². The van der Waals surface area contributed by atoms with Gasteiger partial charge in [0.1, 0.15) is 0 Å². The molecule has 0 amide bonds. The number of carbonyl (C=O) groups excluding carboxylic acids is 2. The molecule has 4 nitrogen and oxygen atoms in total. The lowest BCUT2D eigenvalue weighted by atomic mass is 9.99. The number of ether oxygens (including phenoxy) is 1. The highest BCUT2D eigenvalue weighted by atomic mass is 16.5. The predicted octanol–water partition coefficient (Wildman–Crippen LogP) is 4.99. The minimum atomic E-state index is -0.941. The largest absolute Gasteiger partial charge is 0.449 e. The number of esters is 1. The Morgan fingerprint density at radius 3 is 2.63 bits per heavy atom. The fourth-order valence-electron chi connectivity index (χ4n) is 3.58. The van der Waals surface area contributed by atoms with Crippen LogP contribution in [0.5, 0.6) is 0 Å². The van der Waals surface area contributed by atoms with Crippen molar-refractivity contribution in [1.82, 2.24) is 4.98 Å². The zero-order chi connectivity index (χ0) is 18.6. The maximum Gasteiger partial charge on any atom is 0.307 e. The summed E-state index contributed by atoms with van der Waals surface area (Å²) in [6.45, 7) is 0. The number of para-hydroxylation sites is 1. The molecule has 1 heterocycles. The fourth-order valence-corrected chi connectivity index (χ4v) is 3.58. The molecule has 27 heavy (non-hydrogen) atoms. The molecular weight excluding hydrogens is 338 g/mol. The third-order valence-electron chi connectivity index (χ3n) is 4.99. The third kappa shape index (κ3) is 3.70. The Bertz CT molecular complexity index is 987. The van der Waals surface area contributed by atoms with Crippen LogP contribution in [0, 0.1) is 5.92 Å². The van der Waals surface area contributed by atoms with E-state index in [0.717, 1.165) is 23.7 Å². The number of rotatable bonds is 6. The zero-order valence-corrected chi connectivity index (χ0v) is 14.9. The van der Waals surface area contributed by atoms with Gasteiger partial charge in [-0.2, -0.15) is 0 Å². The van der Waals surface area contributed by atoms with Crippen molar-refractivity contribution >= 4 is 22.7 Å². The van der Waals surface area contributed by atoms with Crippen molar-refractivity contribution in [2.24, 2.45) is 5.92 Å². The van der Waals surface area contributed by atoms with Crippen molar-refractivity contribution in [2.75, 3.05) is 0 Å². The van der Waals surface area contributed by atoms with Gasteiger partial charge in [-0.25, -0.2) is 0 Å². The number of hydrogen-bond acceptors (Lipinski definition) is 3. The molecule has 1 aromatic heterocycles. The molecule has 0 fully saturated rings. The number of benzene rings is 2. The summed E-state index contributed by atoms with van der Waals surface area (Å²) in [5.74, 6) is -0.348. The fraction of sp³-hybridized carbons (Fsp3) is 0.217. The zero-order valence-electron chi connectivity index (χ0n) is 14.9. The van der Waals surface area contributed by atoms with E-state index in [9.17, 15) is 9.59 Å². The molecule has 1 N–H and O–H groups in total. The topological polar surface area (TPSA) is 59.2 Å². The molecule has 1 aliphatic rings. The van der Waals surface area contributed by atoms with E-state index in [1.165, 1.54) is 0 Å². The van der Waals surface area contributed by atoms with Crippen molar-refractivity contribution in [3.8, 4) is 0 Å². The van der Waals surface area contributed by atoms with Crippen LogP contribution in [0.2, 0.25) is 0 Å². The first-order valence-corrected chi connectivity index (χ1v) is 9.24. The van der Waals surface area contributed by atoms with Crippen molar-refractivity contribution in [3.63, 3.8) is 0 Å². The molecule has 0 bridgehead atoms. The Morgan fingerprint density at radius 1 is 1.07 bits per heavy atom. The van der Waals surface area contributed by atoms with E-state index in [-0.39, 0.29) is 17.7 Å². The van der Waals surface area contributed by atoms with Crippen LogP contribution in [0.25, 0.3) is 10.9 Å². The van der Waals surface area contributed by atoms with E-state index < -0.39 is 6.10 Å². The first-order valence-electron chi connectivity index (χ1n) is 9.24. The van der Waals surface area contributed by atoms with Gasteiger partial charge in [0.15, 0.2) is 6.10 Å². The van der Waals surface area contributed by atoms with Crippen LogP contribution in [-0.2, 0) is 9.53 Å². The summed E-state index contributed by atoms with van der Waals surface area (Å²) in [4.78, 5) is 28.9. The normalized spacial score (nSPS) is 17.1. The van der Waals surface area contributed by atoms with Crippen LogP contribution in [0.4, 0.5) is 0 Å². The van der Waals surface area contributed by atoms with Gasteiger partial charge < -0.3 is 9.72 Å². The lowest BCUT2D eigenvalue weighted by molar-refractivity contribution is -0.148. The molecule has 1 aliphatic carbocycles. The van der Waals surface area contributed by atoms with Gasteiger partial charge in [-0.15, -0.1) is 0 Å². The Morgan fingerprint density at radius 2 is 1.85 bits per heavy atom. The second-order valence-electron chi connectivity index (χ2n) is 6.86. The summed E-state index contributed by atoms with van der Waals surface area (Å²) in [6, 6.07) is 16.8. The number of aromatic nitrogens is 1. The van der Waals surface area contributed by atoms with Crippen molar-refractivity contribution in [2.45, 2.75) is 25.4 Å². The molecule has 2 atom stereocenters. The monoisotopic (exact) mass is 359 g/mol. The van der Waals surface area contributed by atoms with Crippen molar-refractivity contribution in [1.29, 1.82) is 0 Å². The average molecular weight is 359 g/mol. The molecular formula is C23H21NO3. The second-order valence-corrected chi connectivity index (χ2v) is 6.86. The second kappa shape index (κ2) is 7.62. The Balaban J connectivity index is 1.62. The number of H-pyrrole nitrogens is 1. The maximum atomic E-state index is 13.3. The summed E-state index contributed by atoms with van der Waals surface area (Å²) in [6.07, 6.45) is 7.15. The van der Waals surface area contributed by atoms with E-state index in [1.807, 2.05) is 54.6 Å². The van der Waals surface area contributed by atoms with Gasteiger partial charge in [0.05, 0.1) is 6.42 Å². The third-order valence-corrected chi connectivity index (χ3v) is 4.99. The molecule has 0 aliphatic heterocycles. The first kappa shape index (κ1) is 17.3. The Hall–Kier alpha value is -3.14. The highest BCUT2D eigenvalue weighted by Crippen LogP contribution is 2.29. The number of carbonyl (C=O) groups is 2. The standard InChI is InChI=1S/C23H21NO3/c25-21(14-16-8-4-5-9-16)27-23(17-10-2-1-3-11-17)22(26)19-15-24-20-13-7-6-12-18(19)20/h1-4,6-8,10-13,15-16,23-24H,5,9,14H2/t16-,23+/m1/s1. The molecule has 0 saturated carbocycles. The molecule has 0 saturated heterocycles. The SMILES string of the molecule is O=C(C[C@@H]1C=CCC1)O[C@H](C(=O)c1c[nH]c2ccccc12)c1ccccc1. The number of nitrogens with one attached hydrogen (secondary N) is 1. The summed E-state index contributed by atoms with van der Waals surface area (Å²) in [7, 11) is 0. The molecule has 4 rings (SSSR count). The Kier molecular flexibility index (Phi) is 4.88. The van der Waals surface area contributed by atoms with Crippen molar-refractivity contribution in [3.05, 3.63) is 84.1 Å². The molecule has 0 radical (unpaired) electrons. The number of ketones is 1. The van der Waals surface area contributed by atoms with Crippen LogP contribution < -0.4 is 0 Å².